The normalized spacial score (nSPS) is 12.3. The van der Waals surface area contributed by atoms with Gasteiger partial charge < -0.3 is 11.1 Å². The smallest absolute Gasteiger partial charge is 0.241 e. The van der Waals surface area contributed by atoms with Gasteiger partial charge in [0.2, 0.25) is 5.91 Å². The first-order valence-electron chi connectivity index (χ1n) is 4.43. The van der Waals surface area contributed by atoms with E-state index in [-0.39, 0.29) is 16.2 Å². The fraction of sp³-hybridized carbons (Fsp3) is 0.333. The van der Waals surface area contributed by atoms with Gasteiger partial charge in [-0.2, -0.15) is 0 Å². The molecule has 0 spiro atoms. The maximum Gasteiger partial charge on any atom is 0.241 e. The summed E-state index contributed by atoms with van der Waals surface area (Å²) in [7, 11) is 0. The van der Waals surface area contributed by atoms with Gasteiger partial charge in [0.05, 0.1) is 11.7 Å². The Kier molecular flexibility index (Phi) is 4.32. The molecule has 0 aliphatic rings. The van der Waals surface area contributed by atoms with Gasteiger partial charge in [-0.25, -0.2) is 4.98 Å². The summed E-state index contributed by atoms with van der Waals surface area (Å²) in [5.74, 6) is -0.288. The summed E-state index contributed by atoms with van der Waals surface area (Å²) >= 11 is 11.4. The lowest BCUT2D eigenvalue weighted by Crippen LogP contribution is -2.34. The minimum absolute atomic E-state index is 0.152. The Morgan fingerprint density at radius 3 is 2.80 bits per heavy atom. The standard InChI is InChI=1S/C9H11Cl2N3O/c1-2-5(12)9(15)13-6-3-4-7(10)14-8(6)11/h3-5H,2,12H2,1H3,(H,13,15). The van der Waals surface area contributed by atoms with Crippen LogP contribution in [0.15, 0.2) is 12.1 Å². The SMILES string of the molecule is CCC(N)C(=O)Nc1ccc(Cl)nc1Cl. The van der Waals surface area contributed by atoms with E-state index in [0.29, 0.717) is 12.1 Å². The molecule has 0 fully saturated rings. The molecule has 1 aromatic heterocycles. The first-order chi connectivity index (χ1) is 7.04. The first kappa shape index (κ1) is 12.2. The quantitative estimate of drug-likeness (QED) is 0.804. The zero-order chi connectivity index (χ0) is 11.4. The van der Waals surface area contributed by atoms with Gasteiger partial charge in [-0.1, -0.05) is 30.1 Å². The number of hydrogen-bond donors (Lipinski definition) is 2. The minimum Gasteiger partial charge on any atom is -0.322 e. The van der Waals surface area contributed by atoms with Crippen molar-refractivity contribution in [1.82, 2.24) is 4.98 Å². The molecular weight excluding hydrogens is 237 g/mol. The average Bonchev–Trinajstić information content (AvgIpc) is 2.20. The van der Waals surface area contributed by atoms with E-state index in [0.717, 1.165) is 0 Å². The number of aromatic nitrogens is 1. The van der Waals surface area contributed by atoms with Gasteiger partial charge >= 0.3 is 0 Å². The van der Waals surface area contributed by atoms with E-state index in [4.69, 9.17) is 28.9 Å². The number of nitrogens with one attached hydrogen (secondary N) is 1. The number of nitrogens with two attached hydrogens (primary N) is 1. The van der Waals surface area contributed by atoms with Crippen LogP contribution in [0.5, 0.6) is 0 Å². The molecule has 0 bridgehead atoms. The molecular formula is C9H11Cl2N3O. The second-order valence-corrected chi connectivity index (χ2v) is 3.72. The van der Waals surface area contributed by atoms with Gasteiger partial charge in [-0.05, 0) is 18.6 Å². The molecule has 0 aliphatic carbocycles. The van der Waals surface area contributed by atoms with Gasteiger partial charge in [0, 0.05) is 0 Å². The van der Waals surface area contributed by atoms with Crippen LogP contribution in [0.25, 0.3) is 0 Å². The van der Waals surface area contributed by atoms with Crippen molar-refractivity contribution < 1.29 is 4.79 Å². The van der Waals surface area contributed by atoms with E-state index in [1.54, 1.807) is 12.1 Å². The summed E-state index contributed by atoms with van der Waals surface area (Å²) < 4.78 is 0. The maximum atomic E-state index is 11.4. The molecule has 1 heterocycles. The van der Waals surface area contributed by atoms with E-state index in [1.165, 1.54) is 0 Å². The summed E-state index contributed by atoms with van der Waals surface area (Å²) in [5.41, 5.74) is 5.95. The number of carbonyl (C=O) groups excluding carboxylic acids is 1. The molecule has 15 heavy (non-hydrogen) atoms. The number of carbonyl (C=O) groups is 1. The zero-order valence-corrected chi connectivity index (χ0v) is 9.64. The molecule has 0 saturated heterocycles. The van der Waals surface area contributed by atoms with E-state index < -0.39 is 6.04 Å². The highest BCUT2D eigenvalue weighted by molar-refractivity contribution is 6.34. The third-order valence-corrected chi connectivity index (χ3v) is 2.35. The Labute approximate surface area is 97.8 Å². The van der Waals surface area contributed by atoms with Crippen LogP contribution in [0.2, 0.25) is 10.3 Å². The molecule has 4 nitrogen and oxygen atoms in total. The molecule has 3 N–H and O–H groups in total. The van der Waals surface area contributed by atoms with Gasteiger partial charge in [-0.15, -0.1) is 0 Å². The molecule has 0 radical (unpaired) electrons. The number of amides is 1. The van der Waals surface area contributed by atoms with E-state index in [9.17, 15) is 4.79 Å². The van der Waals surface area contributed by atoms with Crippen molar-refractivity contribution in [2.45, 2.75) is 19.4 Å². The predicted molar refractivity (Wildman–Crippen MR) is 61.2 cm³/mol. The second-order valence-electron chi connectivity index (χ2n) is 2.98. The van der Waals surface area contributed by atoms with Crippen LogP contribution < -0.4 is 11.1 Å². The van der Waals surface area contributed by atoms with Crippen molar-refractivity contribution in [2.24, 2.45) is 5.73 Å². The number of halogens is 2. The van der Waals surface area contributed by atoms with Gasteiger partial charge in [0.25, 0.3) is 0 Å². The molecule has 1 rings (SSSR count). The summed E-state index contributed by atoms with van der Waals surface area (Å²) in [5, 5.41) is 3.00. The largest absolute Gasteiger partial charge is 0.322 e. The highest BCUT2D eigenvalue weighted by atomic mass is 35.5. The van der Waals surface area contributed by atoms with Crippen molar-refractivity contribution in [2.75, 3.05) is 5.32 Å². The number of rotatable bonds is 3. The Bertz CT molecular complexity index is 370. The summed E-state index contributed by atoms with van der Waals surface area (Å²) in [4.78, 5) is 15.2. The fourth-order valence-electron chi connectivity index (χ4n) is 0.916. The van der Waals surface area contributed by atoms with Crippen molar-refractivity contribution in [3.63, 3.8) is 0 Å². The molecule has 0 saturated carbocycles. The zero-order valence-electron chi connectivity index (χ0n) is 8.13. The van der Waals surface area contributed by atoms with E-state index in [2.05, 4.69) is 10.3 Å². The lowest BCUT2D eigenvalue weighted by Gasteiger charge is -2.10. The highest BCUT2D eigenvalue weighted by Gasteiger charge is 2.13. The average molecular weight is 248 g/mol. The van der Waals surface area contributed by atoms with Crippen LogP contribution in [0, 0.1) is 0 Å². The van der Waals surface area contributed by atoms with Crippen molar-refractivity contribution in [1.29, 1.82) is 0 Å². The molecule has 0 aromatic carbocycles. The summed E-state index contributed by atoms with van der Waals surface area (Å²) in [6.07, 6.45) is 0.560. The van der Waals surface area contributed by atoms with Crippen LogP contribution in [-0.4, -0.2) is 16.9 Å². The van der Waals surface area contributed by atoms with Crippen LogP contribution in [0.1, 0.15) is 13.3 Å². The van der Waals surface area contributed by atoms with Gasteiger partial charge in [0.1, 0.15) is 5.15 Å². The third kappa shape index (κ3) is 3.34. The Balaban J connectivity index is 2.77. The fourth-order valence-corrected chi connectivity index (χ4v) is 1.31. The second kappa shape index (κ2) is 5.30. The topological polar surface area (TPSA) is 68.0 Å². The first-order valence-corrected chi connectivity index (χ1v) is 5.18. The van der Waals surface area contributed by atoms with Gasteiger partial charge in [0.15, 0.2) is 5.15 Å². The number of hydrogen-bond acceptors (Lipinski definition) is 3. The molecule has 1 aromatic rings. The van der Waals surface area contributed by atoms with Crippen molar-refractivity contribution in [3.8, 4) is 0 Å². The number of pyridine rings is 1. The molecule has 1 atom stereocenters. The Morgan fingerprint density at radius 1 is 1.60 bits per heavy atom. The van der Waals surface area contributed by atoms with Crippen molar-refractivity contribution >= 4 is 34.8 Å². The lowest BCUT2D eigenvalue weighted by atomic mass is 10.2. The summed E-state index contributed by atoms with van der Waals surface area (Å²) in [6.45, 7) is 1.83. The molecule has 1 unspecified atom stereocenters. The van der Waals surface area contributed by atoms with Crippen molar-refractivity contribution in [3.05, 3.63) is 22.4 Å². The highest BCUT2D eigenvalue weighted by Crippen LogP contribution is 2.21. The minimum atomic E-state index is -0.545. The van der Waals surface area contributed by atoms with Crippen LogP contribution in [-0.2, 0) is 4.79 Å². The third-order valence-electron chi connectivity index (χ3n) is 1.85. The van der Waals surface area contributed by atoms with Crippen LogP contribution in [0.3, 0.4) is 0 Å². The Hall–Kier alpha value is -0.840. The molecule has 82 valence electrons. The lowest BCUT2D eigenvalue weighted by molar-refractivity contribution is -0.117. The molecule has 0 aliphatic heterocycles. The van der Waals surface area contributed by atoms with E-state index in [1.807, 2.05) is 6.92 Å². The van der Waals surface area contributed by atoms with E-state index >= 15 is 0 Å². The van der Waals surface area contributed by atoms with Crippen LogP contribution in [0.4, 0.5) is 5.69 Å². The predicted octanol–water partition coefficient (Wildman–Crippen LogP) is 2.06. The monoisotopic (exact) mass is 247 g/mol. The number of anilines is 1. The van der Waals surface area contributed by atoms with Crippen LogP contribution >= 0.6 is 23.2 Å². The molecule has 1 amide bonds. The Morgan fingerprint density at radius 2 is 2.27 bits per heavy atom. The summed E-state index contributed by atoms with van der Waals surface area (Å²) in [6, 6.07) is 2.58. The maximum absolute atomic E-state index is 11.4. The van der Waals surface area contributed by atoms with Gasteiger partial charge in [-0.3, -0.25) is 4.79 Å². The molecule has 6 heteroatoms. The number of nitrogens with zero attached hydrogens (tertiary/aromatic N) is 1.